The first-order chi connectivity index (χ1) is 16.5. The standard InChI is InChI=1S/C26H30N6O2/c1-31-13-15-32(16-14-31)12-11-29-25(33)19-4-6-20(7-5-19)26(34)30-24-17-21(8-9-23(24)27)22-3-2-10-28-18-22/h2-10,17-18H,11-16,27H2,1H3,(H,29,33)(H,30,34)/p+1. The maximum atomic E-state index is 12.8. The van der Waals surface area contributed by atoms with Crippen molar-refractivity contribution >= 4 is 23.2 Å². The number of H-pyrrole nitrogens is 1. The number of nitrogens with one attached hydrogen (secondary N) is 3. The summed E-state index contributed by atoms with van der Waals surface area (Å²) in [6, 6.07) is 16.0. The molecular weight excluding hydrogens is 428 g/mol. The molecule has 1 fully saturated rings. The number of amides is 2. The number of benzene rings is 2. The predicted octanol–water partition coefficient (Wildman–Crippen LogP) is 1.98. The second-order valence-corrected chi connectivity index (χ2v) is 8.53. The summed E-state index contributed by atoms with van der Waals surface area (Å²) in [7, 11) is 2.12. The molecule has 0 aliphatic carbocycles. The Labute approximate surface area is 199 Å². The van der Waals surface area contributed by atoms with E-state index in [1.165, 1.54) is 0 Å². The van der Waals surface area contributed by atoms with Crippen molar-refractivity contribution in [3.8, 4) is 11.1 Å². The van der Waals surface area contributed by atoms with Crippen LogP contribution in [0.2, 0.25) is 0 Å². The first kappa shape index (κ1) is 23.4. The van der Waals surface area contributed by atoms with Gasteiger partial charge in [0, 0.05) is 62.0 Å². The number of hydrogen-bond donors (Lipinski definition) is 3. The zero-order valence-corrected chi connectivity index (χ0v) is 19.4. The fraction of sp³-hybridized carbons (Fsp3) is 0.269. The molecule has 34 heavy (non-hydrogen) atoms. The molecule has 0 saturated carbocycles. The quantitative estimate of drug-likeness (QED) is 0.469. The molecule has 1 aliphatic heterocycles. The van der Waals surface area contributed by atoms with Gasteiger partial charge in [0.2, 0.25) is 0 Å². The van der Waals surface area contributed by atoms with Crippen LogP contribution in [0.3, 0.4) is 0 Å². The summed E-state index contributed by atoms with van der Waals surface area (Å²) in [4.78, 5) is 33.0. The molecule has 0 radical (unpaired) electrons. The van der Waals surface area contributed by atoms with Crippen LogP contribution in [0.5, 0.6) is 0 Å². The Bertz CT molecular complexity index is 1130. The van der Waals surface area contributed by atoms with E-state index in [0.29, 0.717) is 29.0 Å². The minimum atomic E-state index is -0.287. The molecule has 2 amide bonds. The molecule has 2 aromatic carbocycles. The number of nitrogen functional groups attached to an aromatic ring is 1. The maximum Gasteiger partial charge on any atom is 0.255 e. The Morgan fingerprint density at radius 2 is 1.65 bits per heavy atom. The zero-order chi connectivity index (χ0) is 23.9. The summed E-state index contributed by atoms with van der Waals surface area (Å²) in [6.07, 6.45) is 3.72. The highest BCUT2D eigenvalue weighted by molar-refractivity contribution is 6.06. The number of piperazine rings is 1. The summed E-state index contributed by atoms with van der Waals surface area (Å²) >= 11 is 0. The molecule has 1 saturated heterocycles. The van der Waals surface area contributed by atoms with Gasteiger partial charge in [-0.25, -0.2) is 4.98 Å². The van der Waals surface area contributed by atoms with Crippen LogP contribution < -0.4 is 21.4 Å². The van der Waals surface area contributed by atoms with E-state index >= 15 is 0 Å². The van der Waals surface area contributed by atoms with E-state index < -0.39 is 0 Å². The lowest BCUT2D eigenvalue weighted by Crippen LogP contribution is -2.46. The summed E-state index contributed by atoms with van der Waals surface area (Å²) in [5.41, 5.74) is 10.0. The van der Waals surface area contributed by atoms with Crippen molar-refractivity contribution in [1.82, 2.24) is 15.1 Å². The summed E-state index contributed by atoms with van der Waals surface area (Å²) in [5, 5.41) is 5.84. The summed E-state index contributed by atoms with van der Waals surface area (Å²) < 4.78 is 0. The first-order valence-electron chi connectivity index (χ1n) is 11.5. The Hall–Kier alpha value is -3.75. The fourth-order valence-corrected chi connectivity index (χ4v) is 3.89. The van der Waals surface area contributed by atoms with Crippen molar-refractivity contribution in [3.05, 3.63) is 78.1 Å². The largest absolute Gasteiger partial charge is 0.397 e. The lowest BCUT2D eigenvalue weighted by atomic mass is 10.1. The van der Waals surface area contributed by atoms with Gasteiger partial charge in [-0.3, -0.25) is 14.5 Å². The van der Waals surface area contributed by atoms with Gasteiger partial charge in [-0.2, -0.15) is 0 Å². The third-order valence-electron chi connectivity index (χ3n) is 6.06. The number of aromatic nitrogens is 1. The SMILES string of the molecule is CN1CCN(CCNC(=O)c2ccc(C(=O)Nc3cc(-c4ccc[nH+]c4)ccc3N)cc2)CC1. The van der Waals surface area contributed by atoms with Crippen molar-refractivity contribution in [2.24, 2.45) is 0 Å². The molecule has 1 aliphatic rings. The molecule has 5 N–H and O–H groups in total. The van der Waals surface area contributed by atoms with E-state index in [4.69, 9.17) is 5.73 Å². The minimum Gasteiger partial charge on any atom is -0.397 e. The molecule has 0 bridgehead atoms. The molecule has 0 spiro atoms. The molecule has 8 heteroatoms. The van der Waals surface area contributed by atoms with Crippen molar-refractivity contribution in [3.63, 3.8) is 0 Å². The zero-order valence-electron chi connectivity index (χ0n) is 19.4. The number of anilines is 2. The normalized spacial score (nSPS) is 14.5. The van der Waals surface area contributed by atoms with Crippen LogP contribution in [0.4, 0.5) is 11.4 Å². The molecular formula is C26H31N6O2+. The van der Waals surface area contributed by atoms with Crippen LogP contribution in [0.25, 0.3) is 11.1 Å². The Kier molecular flexibility index (Phi) is 7.51. The van der Waals surface area contributed by atoms with Gasteiger partial charge >= 0.3 is 0 Å². The molecule has 3 aromatic rings. The highest BCUT2D eigenvalue weighted by Gasteiger charge is 2.15. The molecule has 0 unspecified atom stereocenters. The van der Waals surface area contributed by atoms with Gasteiger partial charge in [0.1, 0.15) is 0 Å². The van der Waals surface area contributed by atoms with Crippen molar-refractivity contribution in [1.29, 1.82) is 0 Å². The minimum absolute atomic E-state index is 0.141. The van der Waals surface area contributed by atoms with E-state index in [9.17, 15) is 9.59 Å². The van der Waals surface area contributed by atoms with Gasteiger partial charge in [-0.1, -0.05) is 6.07 Å². The Morgan fingerprint density at radius 3 is 2.32 bits per heavy atom. The fourth-order valence-electron chi connectivity index (χ4n) is 3.89. The summed E-state index contributed by atoms with van der Waals surface area (Å²) in [5.74, 6) is -0.428. The van der Waals surface area contributed by atoms with Crippen LogP contribution in [-0.2, 0) is 0 Å². The highest BCUT2D eigenvalue weighted by Crippen LogP contribution is 2.27. The van der Waals surface area contributed by atoms with Gasteiger partial charge in [0.25, 0.3) is 11.8 Å². The number of nitrogens with zero attached hydrogens (tertiary/aromatic N) is 2. The monoisotopic (exact) mass is 459 g/mol. The van der Waals surface area contributed by atoms with E-state index in [2.05, 4.69) is 32.5 Å². The number of hydrogen-bond acceptors (Lipinski definition) is 5. The van der Waals surface area contributed by atoms with E-state index in [-0.39, 0.29) is 11.8 Å². The molecule has 176 valence electrons. The number of likely N-dealkylation sites (N-methyl/N-ethyl adjacent to an activating group) is 1. The topological polar surface area (TPSA) is 105 Å². The molecule has 2 heterocycles. The lowest BCUT2D eigenvalue weighted by molar-refractivity contribution is -0.377. The van der Waals surface area contributed by atoms with Crippen LogP contribution in [0, 0.1) is 0 Å². The Morgan fingerprint density at radius 1 is 0.941 bits per heavy atom. The van der Waals surface area contributed by atoms with Gasteiger partial charge in [0.15, 0.2) is 12.4 Å². The van der Waals surface area contributed by atoms with E-state index in [1.807, 2.05) is 36.7 Å². The van der Waals surface area contributed by atoms with Crippen LogP contribution >= 0.6 is 0 Å². The molecule has 8 nitrogen and oxygen atoms in total. The second kappa shape index (κ2) is 10.9. The molecule has 4 rings (SSSR count). The van der Waals surface area contributed by atoms with Gasteiger partial charge < -0.3 is 21.3 Å². The second-order valence-electron chi connectivity index (χ2n) is 8.53. The van der Waals surface area contributed by atoms with Crippen molar-refractivity contribution < 1.29 is 14.6 Å². The molecule has 0 atom stereocenters. The number of carbonyl (C=O) groups excluding carboxylic acids is 2. The number of rotatable bonds is 7. The van der Waals surface area contributed by atoms with E-state index in [1.54, 1.807) is 30.3 Å². The maximum absolute atomic E-state index is 12.8. The van der Waals surface area contributed by atoms with Crippen molar-refractivity contribution in [2.75, 3.05) is 57.4 Å². The van der Waals surface area contributed by atoms with E-state index in [0.717, 1.165) is 43.9 Å². The van der Waals surface area contributed by atoms with Crippen LogP contribution in [0.15, 0.2) is 67.0 Å². The third-order valence-corrected chi connectivity index (χ3v) is 6.06. The number of pyridine rings is 1. The smallest absolute Gasteiger partial charge is 0.255 e. The average Bonchev–Trinajstić information content (AvgIpc) is 2.87. The molecule has 1 aromatic heterocycles. The summed E-state index contributed by atoms with van der Waals surface area (Å²) in [6.45, 7) is 5.58. The van der Waals surface area contributed by atoms with Gasteiger partial charge in [0.05, 0.1) is 11.4 Å². The first-order valence-corrected chi connectivity index (χ1v) is 11.5. The number of carbonyl (C=O) groups is 2. The van der Waals surface area contributed by atoms with Gasteiger partial charge in [-0.15, -0.1) is 0 Å². The lowest BCUT2D eigenvalue weighted by Gasteiger charge is -2.32. The van der Waals surface area contributed by atoms with Crippen LogP contribution in [-0.4, -0.2) is 67.9 Å². The Balaban J connectivity index is 1.33. The van der Waals surface area contributed by atoms with Crippen molar-refractivity contribution in [2.45, 2.75) is 0 Å². The average molecular weight is 460 g/mol. The number of aromatic amines is 1. The highest BCUT2D eigenvalue weighted by atomic mass is 16.2. The predicted molar refractivity (Wildman–Crippen MR) is 134 cm³/mol. The van der Waals surface area contributed by atoms with Crippen LogP contribution in [0.1, 0.15) is 20.7 Å². The third kappa shape index (κ3) is 5.98. The number of nitrogens with two attached hydrogens (primary N) is 1. The van der Waals surface area contributed by atoms with Gasteiger partial charge in [-0.05, 0) is 55.1 Å².